The summed E-state index contributed by atoms with van der Waals surface area (Å²) in [6, 6.07) is 4.75. The number of nitrogens with two attached hydrogens (primary N) is 1. The molecule has 0 radical (unpaired) electrons. The zero-order chi connectivity index (χ0) is 12.8. The van der Waals surface area contributed by atoms with Crippen molar-refractivity contribution in [3.05, 3.63) is 35.3 Å². The molecule has 1 atom stereocenters. The van der Waals surface area contributed by atoms with Crippen LogP contribution in [0, 0.1) is 0 Å². The maximum atomic E-state index is 11.7. The fraction of sp³-hybridized carbons (Fsp3) is 0.250. The third-order valence-corrected chi connectivity index (χ3v) is 2.67. The molecule has 0 saturated heterocycles. The van der Waals surface area contributed by atoms with Crippen LogP contribution in [0.3, 0.4) is 0 Å². The molecule has 0 aliphatic carbocycles. The first-order valence-electron chi connectivity index (χ1n) is 5.09. The van der Waals surface area contributed by atoms with Gasteiger partial charge < -0.3 is 15.8 Å². The number of rotatable bonds is 5. The minimum atomic E-state index is -0.601. The number of carbonyl (C=O) groups is 1. The predicted molar refractivity (Wildman–Crippen MR) is 72.1 cm³/mol. The summed E-state index contributed by atoms with van der Waals surface area (Å²) in [7, 11) is 1.54. The molecular weight excluding hydrogens is 284 g/mol. The Bertz CT molecular complexity index is 421. The van der Waals surface area contributed by atoms with Crippen molar-refractivity contribution in [3.63, 3.8) is 0 Å². The Morgan fingerprint density at radius 1 is 1.71 bits per heavy atom. The van der Waals surface area contributed by atoms with E-state index in [1.165, 1.54) is 0 Å². The van der Waals surface area contributed by atoms with Gasteiger partial charge in [0.1, 0.15) is 5.75 Å². The normalized spacial score (nSPS) is 11.7. The molecular formula is C12H15BrN2O2. The second-order valence-corrected chi connectivity index (χ2v) is 4.38. The molecule has 1 aromatic rings. The lowest BCUT2D eigenvalue weighted by atomic mass is 10.2. The van der Waals surface area contributed by atoms with Crippen LogP contribution in [0.15, 0.2) is 35.3 Å². The molecule has 0 aromatic heterocycles. The highest BCUT2D eigenvalue weighted by Gasteiger charge is 2.14. The number of amides is 1. The van der Waals surface area contributed by atoms with Gasteiger partial charge in [-0.1, -0.05) is 22.0 Å². The summed E-state index contributed by atoms with van der Waals surface area (Å²) in [5.74, 6) is 0.327. The summed E-state index contributed by atoms with van der Waals surface area (Å²) in [4.78, 5) is 11.7. The lowest BCUT2D eigenvalue weighted by Gasteiger charge is -2.13. The van der Waals surface area contributed by atoms with E-state index in [1.807, 2.05) is 6.07 Å². The third-order valence-electron chi connectivity index (χ3n) is 2.18. The number of benzene rings is 1. The van der Waals surface area contributed by atoms with Crippen molar-refractivity contribution < 1.29 is 9.53 Å². The first-order valence-corrected chi connectivity index (χ1v) is 5.88. The molecule has 0 fully saturated rings. The molecule has 17 heavy (non-hydrogen) atoms. The molecule has 1 amide bonds. The standard InChI is InChI=1S/C12H15BrN2O2/c1-3-4-9(14)12(16)15-10-7-8(13)5-6-11(10)17-2/h3,5-7,9H,1,4,14H2,2H3,(H,15,16). The number of anilines is 1. The number of hydrogen-bond acceptors (Lipinski definition) is 3. The van der Waals surface area contributed by atoms with Gasteiger partial charge in [0.05, 0.1) is 18.8 Å². The van der Waals surface area contributed by atoms with Crippen LogP contribution in [0.1, 0.15) is 6.42 Å². The quantitative estimate of drug-likeness (QED) is 0.820. The molecule has 0 saturated carbocycles. The Hall–Kier alpha value is -1.33. The van der Waals surface area contributed by atoms with Crippen LogP contribution in [0.25, 0.3) is 0 Å². The maximum absolute atomic E-state index is 11.7. The highest BCUT2D eigenvalue weighted by Crippen LogP contribution is 2.27. The van der Waals surface area contributed by atoms with Crippen molar-refractivity contribution in [1.29, 1.82) is 0 Å². The van der Waals surface area contributed by atoms with Gasteiger partial charge in [-0.25, -0.2) is 0 Å². The average Bonchev–Trinajstić information content (AvgIpc) is 2.29. The molecule has 1 unspecified atom stereocenters. The van der Waals surface area contributed by atoms with Crippen molar-refractivity contribution in [3.8, 4) is 5.75 Å². The van der Waals surface area contributed by atoms with Crippen LogP contribution in [0.5, 0.6) is 5.75 Å². The van der Waals surface area contributed by atoms with Crippen molar-refractivity contribution >= 4 is 27.5 Å². The second-order valence-electron chi connectivity index (χ2n) is 3.46. The van der Waals surface area contributed by atoms with Crippen LogP contribution >= 0.6 is 15.9 Å². The topological polar surface area (TPSA) is 64.4 Å². The van der Waals surface area contributed by atoms with Gasteiger partial charge >= 0.3 is 0 Å². The fourth-order valence-corrected chi connectivity index (χ4v) is 1.65. The molecule has 4 nitrogen and oxygen atoms in total. The minimum Gasteiger partial charge on any atom is -0.495 e. The Morgan fingerprint density at radius 3 is 3.00 bits per heavy atom. The SMILES string of the molecule is C=CCC(N)C(=O)Nc1cc(Br)ccc1OC. The second kappa shape index (κ2) is 6.42. The summed E-state index contributed by atoms with van der Waals surface area (Å²) < 4.78 is 6.00. The van der Waals surface area contributed by atoms with Gasteiger partial charge in [-0.15, -0.1) is 6.58 Å². The van der Waals surface area contributed by atoms with Crippen LogP contribution in [-0.4, -0.2) is 19.1 Å². The molecule has 0 heterocycles. The fourth-order valence-electron chi connectivity index (χ4n) is 1.29. The third kappa shape index (κ3) is 3.87. The van der Waals surface area contributed by atoms with Gasteiger partial charge in [0.2, 0.25) is 5.91 Å². The molecule has 0 aliphatic heterocycles. The number of nitrogens with one attached hydrogen (secondary N) is 1. The number of carbonyl (C=O) groups excluding carboxylic acids is 1. The summed E-state index contributed by atoms with van der Waals surface area (Å²) >= 11 is 3.33. The number of halogens is 1. The minimum absolute atomic E-state index is 0.263. The zero-order valence-electron chi connectivity index (χ0n) is 9.57. The monoisotopic (exact) mass is 298 g/mol. The van der Waals surface area contributed by atoms with Crippen LogP contribution in [0.2, 0.25) is 0 Å². The highest BCUT2D eigenvalue weighted by molar-refractivity contribution is 9.10. The van der Waals surface area contributed by atoms with Crippen LogP contribution in [-0.2, 0) is 4.79 Å². The molecule has 0 bridgehead atoms. The van der Waals surface area contributed by atoms with E-state index in [1.54, 1.807) is 25.3 Å². The Kier molecular flexibility index (Phi) is 5.18. The van der Waals surface area contributed by atoms with Crippen molar-refractivity contribution in [2.75, 3.05) is 12.4 Å². The Labute approximate surface area is 109 Å². The van der Waals surface area contributed by atoms with Gasteiger partial charge in [-0.3, -0.25) is 4.79 Å². The number of hydrogen-bond donors (Lipinski definition) is 2. The maximum Gasteiger partial charge on any atom is 0.241 e. The Balaban J connectivity index is 2.83. The van der Waals surface area contributed by atoms with E-state index in [0.717, 1.165) is 4.47 Å². The lowest BCUT2D eigenvalue weighted by Crippen LogP contribution is -2.35. The molecule has 1 aromatic carbocycles. The first-order chi connectivity index (χ1) is 8.08. The van der Waals surface area contributed by atoms with E-state index in [0.29, 0.717) is 17.9 Å². The molecule has 0 aliphatic rings. The van der Waals surface area contributed by atoms with Crippen LogP contribution in [0.4, 0.5) is 5.69 Å². The molecule has 1 rings (SSSR count). The van der Waals surface area contributed by atoms with Crippen LogP contribution < -0.4 is 15.8 Å². The summed E-state index contributed by atoms with van der Waals surface area (Å²) in [5, 5.41) is 2.72. The Morgan fingerprint density at radius 2 is 2.41 bits per heavy atom. The average molecular weight is 299 g/mol. The highest BCUT2D eigenvalue weighted by atomic mass is 79.9. The molecule has 92 valence electrons. The van der Waals surface area contributed by atoms with Gasteiger partial charge in [-0.2, -0.15) is 0 Å². The van der Waals surface area contributed by atoms with Gasteiger partial charge in [0, 0.05) is 4.47 Å². The number of methoxy groups -OCH3 is 1. The van der Waals surface area contributed by atoms with Crippen molar-refractivity contribution in [2.45, 2.75) is 12.5 Å². The zero-order valence-corrected chi connectivity index (χ0v) is 11.2. The number of ether oxygens (including phenoxy) is 1. The molecule has 0 spiro atoms. The largest absolute Gasteiger partial charge is 0.495 e. The van der Waals surface area contributed by atoms with E-state index < -0.39 is 6.04 Å². The summed E-state index contributed by atoms with van der Waals surface area (Å²) in [6.45, 7) is 3.55. The van der Waals surface area contributed by atoms with Crippen molar-refractivity contribution in [1.82, 2.24) is 0 Å². The predicted octanol–water partition coefficient (Wildman–Crippen LogP) is 2.30. The van der Waals surface area contributed by atoms with E-state index in [4.69, 9.17) is 10.5 Å². The molecule has 5 heteroatoms. The van der Waals surface area contributed by atoms with Crippen molar-refractivity contribution in [2.24, 2.45) is 5.73 Å². The van der Waals surface area contributed by atoms with Gasteiger partial charge in [-0.05, 0) is 24.6 Å². The summed E-state index contributed by atoms with van der Waals surface area (Å²) in [5.41, 5.74) is 6.26. The lowest BCUT2D eigenvalue weighted by molar-refractivity contribution is -0.117. The van der Waals surface area contributed by atoms with E-state index in [2.05, 4.69) is 27.8 Å². The van der Waals surface area contributed by atoms with Gasteiger partial charge in [0.15, 0.2) is 0 Å². The van der Waals surface area contributed by atoms with E-state index in [9.17, 15) is 4.79 Å². The van der Waals surface area contributed by atoms with E-state index in [-0.39, 0.29) is 5.91 Å². The van der Waals surface area contributed by atoms with Gasteiger partial charge in [0.25, 0.3) is 0 Å². The summed E-state index contributed by atoms with van der Waals surface area (Å²) in [6.07, 6.45) is 2.05. The van der Waals surface area contributed by atoms with E-state index >= 15 is 0 Å². The first kappa shape index (κ1) is 13.7. The molecule has 3 N–H and O–H groups in total. The smallest absolute Gasteiger partial charge is 0.241 e.